The molecule has 0 radical (unpaired) electrons. The number of carboxylic acids is 1. The van der Waals surface area contributed by atoms with Crippen molar-refractivity contribution in [2.24, 2.45) is 0 Å². The molecule has 0 saturated heterocycles. The summed E-state index contributed by atoms with van der Waals surface area (Å²) in [5.74, 6) is -0.488. The van der Waals surface area contributed by atoms with Gasteiger partial charge in [0.2, 0.25) is 0 Å². The third kappa shape index (κ3) is 3.05. The minimum Gasteiger partial charge on any atom is -0.476 e. The highest BCUT2D eigenvalue weighted by atomic mass is 32.1. The Labute approximate surface area is 113 Å². The Hall–Kier alpha value is -2.46. The molecule has 7 heteroatoms. The Morgan fingerprint density at radius 1 is 1.63 bits per heavy atom. The maximum Gasteiger partial charge on any atom is 0.355 e. The average Bonchev–Trinajstić information content (AvgIpc) is 2.89. The molecule has 2 N–H and O–H groups in total. The zero-order chi connectivity index (χ0) is 13.8. The van der Waals surface area contributed by atoms with Crippen LogP contribution in [0.2, 0.25) is 0 Å². The summed E-state index contributed by atoms with van der Waals surface area (Å²) in [7, 11) is 0. The molecule has 2 aromatic rings. The van der Waals surface area contributed by atoms with Crippen LogP contribution in [0.15, 0.2) is 23.7 Å². The standard InChI is InChI=1S/C12H10N4O2S/c1-7(11-16-9(6-19-11)12(17)18)15-10-4-8(5-13)2-3-14-10/h2-4,6-7H,1H3,(H,14,15)(H,17,18). The van der Waals surface area contributed by atoms with Crippen molar-refractivity contribution in [2.75, 3.05) is 5.32 Å². The van der Waals surface area contributed by atoms with Crippen LogP contribution in [0.25, 0.3) is 0 Å². The molecule has 0 aromatic carbocycles. The zero-order valence-electron chi connectivity index (χ0n) is 9.99. The topological polar surface area (TPSA) is 98.9 Å². The van der Waals surface area contributed by atoms with Gasteiger partial charge in [-0.15, -0.1) is 11.3 Å². The van der Waals surface area contributed by atoms with Crippen molar-refractivity contribution in [1.29, 1.82) is 5.26 Å². The lowest BCUT2D eigenvalue weighted by atomic mass is 10.2. The first-order chi connectivity index (χ1) is 9.10. The zero-order valence-corrected chi connectivity index (χ0v) is 10.8. The lowest BCUT2D eigenvalue weighted by Gasteiger charge is -2.11. The average molecular weight is 274 g/mol. The Morgan fingerprint density at radius 2 is 2.42 bits per heavy atom. The summed E-state index contributed by atoms with van der Waals surface area (Å²) in [6, 6.07) is 5.09. The van der Waals surface area contributed by atoms with Gasteiger partial charge in [0.05, 0.1) is 17.7 Å². The Kier molecular flexibility index (Phi) is 3.73. The highest BCUT2D eigenvalue weighted by molar-refractivity contribution is 7.09. The number of aromatic carboxylic acids is 1. The number of pyridine rings is 1. The summed E-state index contributed by atoms with van der Waals surface area (Å²) in [5.41, 5.74) is 0.544. The number of nitriles is 1. The number of hydrogen-bond donors (Lipinski definition) is 2. The summed E-state index contributed by atoms with van der Waals surface area (Å²) in [5, 5.41) is 22.8. The Balaban J connectivity index is 2.13. The van der Waals surface area contributed by atoms with Crippen molar-refractivity contribution in [2.45, 2.75) is 13.0 Å². The van der Waals surface area contributed by atoms with Crippen molar-refractivity contribution < 1.29 is 9.90 Å². The molecule has 2 aromatic heterocycles. The minimum absolute atomic E-state index is 0.0346. The number of nitrogens with one attached hydrogen (secondary N) is 1. The number of aromatic nitrogens is 2. The molecule has 1 unspecified atom stereocenters. The van der Waals surface area contributed by atoms with Crippen molar-refractivity contribution in [3.8, 4) is 6.07 Å². The van der Waals surface area contributed by atoms with Gasteiger partial charge in [0.15, 0.2) is 5.69 Å². The number of nitrogens with zero attached hydrogens (tertiary/aromatic N) is 3. The first kappa shape index (κ1) is 13.0. The Bertz CT molecular complexity index is 647. The number of carboxylic acid groups (broad SMARTS) is 1. The molecule has 96 valence electrons. The second-order valence-corrected chi connectivity index (χ2v) is 4.67. The van der Waals surface area contributed by atoms with Crippen LogP contribution in [0.5, 0.6) is 0 Å². The molecular formula is C12H10N4O2S. The smallest absolute Gasteiger partial charge is 0.355 e. The quantitative estimate of drug-likeness (QED) is 0.887. The first-order valence-electron chi connectivity index (χ1n) is 5.41. The second kappa shape index (κ2) is 5.46. The molecule has 2 heterocycles. The molecule has 0 aliphatic heterocycles. The van der Waals surface area contributed by atoms with Crippen LogP contribution < -0.4 is 5.32 Å². The van der Waals surface area contributed by atoms with Gasteiger partial charge in [-0.3, -0.25) is 0 Å². The van der Waals surface area contributed by atoms with Gasteiger partial charge in [0.25, 0.3) is 0 Å². The summed E-state index contributed by atoms with van der Waals surface area (Å²) in [6.45, 7) is 1.85. The van der Waals surface area contributed by atoms with E-state index in [1.54, 1.807) is 12.1 Å². The lowest BCUT2D eigenvalue weighted by molar-refractivity contribution is 0.0691. The molecule has 0 bridgehead atoms. The van der Waals surface area contributed by atoms with Gasteiger partial charge in [-0.25, -0.2) is 14.8 Å². The van der Waals surface area contributed by atoms with E-state index in [1.165, 1.54) is 22.9 Å². The fourth-order valence-corrected chi connectivity index (χ4v) is 2.25. The number of hydrogen-bond acceptors (Lipinski definition) is 6. The van der Waals surface area contributed by atoms with Gasteiger partial charge in [-0.1, -0.05) is 0 Å². The van der Waals surface area contributed by atoms with E-state index in [0.717, 1.165) is 0 Å². The van der Waals surface area contributed by atoms with Crippen molar-refractivity contribution in [1.82, 2.24) is 9.97 Å². The van der Waals surface area contributed by atoms with Crippen molar-refractivity contribution >= 4 is 23.1 Å². The maximum atomic E-state index is 10.8. The van der Waals surface area contributed by atoms with Crippen LogP contribution in [0.4, 0.5) is 5.82 Å². The van der Waals surface area contributed by atoms with Gasteiger partial charge in [0, 0.05) is 11.6 Å². The summed E-state index contributed by atoms with van der Waals surface area (Å²) >= 11 is 1.27. The van der Waals surface area contributed by atoms with Gasteiger partial charge in [-0.2, -0.15) is 5.26 Å². The predicted molar refractivity (Wildman–Crippen MR) is 70.1 cm³/mol. The highest BCUT2D eigenvalue weighted by Gasteiger charge is 2.14. The SMILES string of the molecule is CC(Nc1cc(C#N)ccn1)c1nc(C(=O)O)cs1. The van der Waals surface area contributed by atoms with E-state index in [1.807, 2.05) is 13.0 Å². The normalized spacial score (nSPS) is 11.6. The second-order valence-electron chi connectivity index (χ2n) is 3.78. The molecule has 0 saturated carbocycles. The van der Waals surface area contributed by atoms with E-state index in [0.29, 0.717) is 16.4 Å². The fraction of sp³-hybridized carbons (Fsp3) is 0.167. The molecule has 19 heavy (non-hydrogen) atoms. The fourth-order valence-electron chi connectivity index (χ4n) is 1.45. The van der Waals surface area contributed by atoms with E-state index in [-0.39, 0.29) is 11.7 Å². The van der Waals surface area contributed by atoms with E-state index < -0.39 is 5.97 Å². The monoisotopic (exact) mass is 274 g/mol. The van der Waals surface area contributed by atoms with Crippen molar-refractivity contribution in [3.05, 3.63) is 40.0 Å². The maximum absolute atomic E-state index is 10.8. The highest BCUT2D eigenvalue weighted by Crippen LogP contribution is 2.21. The van der Waals surface area contributed by atoms with Crippen LogP contribution in [-0.4, -0.2) is 21.0 Å². The number of anilines is 1. The van der Waals surface area contributed by atoms with Crippen molar-refractivity contribution in [3.63, 3.8) is 0 Å². The van der Waals surface area contributed by atoms with Gasteiger partial charge >= 0.3 is 5.97 Å². The van der Waals surface area contributed by atoms with E-state index in [2.05, 4.69) is 15.3 Å². The largest absolute Gasteiger partial charge is 0.476 e. The Morgan fingerprint density at radius 3 is 3.05 bits per heavy atom. The van der Waals surface area contributed by atoms with Gasteiger partial charge in [-0.05, 0) is 19.1 Å². The summed E-state index contributed by atoms with van der Waals surface area (Å²) in [4.78, 5) is 18.9. The van der Waals surface area contributed by atoms with Crippen LogP contribution in [0.3, 0.4) is 0 Å². The van der Waals surface area contributed by atoms with E-state index in [9.17, 15) is 4.79 Å². The summed E-state index contributed by atoms with van der Waals surface area (Å²) in [6.07, 6.45) is 1.54. The van der Waals surface area contributed by atoms with Crippen LogP contribution in [0, 0.1) is 11.3 Å². The first-order valence-corrected chi connectivity index (χ1v) is 6.29. The third-order valence-corrected chi connectivity index (χ3v) is 3.39. The molecule has 6 nitrogen and oxygen atoms in total. The van der Waals surface area contributed by atoms with Crippen LogP contribution in [-0.2, 0) is 0 Å². The number of thiazole rings is 1. The molecular weight excluding hydrogens is 264 g/mol. The molecule has 0 aliphatic carbocycles. The molecule has 1 atom stereocenters. The van der Waals surface area contributed by atoms with E-state index >= 15 is 0 Å². The number of rotatable bonds is 4. The van der Waals surface area contributed by atoms with Crippen LogP contribution >= 0.6 is 11.3 Å². The molecule has 0 fully saturated rings. The predicted octanol–water partition coefficient (Wildman–Crippen LogP) is 2.28. The van der Waals surface area contributed by atoms with Crippen LogP contribution in [0.1, 0.15) is 34.0 Å². The molecule has 0 amide bonds. The van der Waals surface area contributed by atoms with Gasteiger partial charge < -0.3 is 10.4 Å². The molecule has 2 rings (SSSR count). The lowest BCUT2D eigenvalue weighted by Crippen LogP contribution is -2.08. The van der Waals surface area contributed by atoms with Gasteiger partial charge in [0.1, 0.15) is 10.8 Å². The third-order valence-electron chi connectivity index (χ3n) is 2.36. The molecule has 0 spiro atoms. The minimum atomic E-state index is -1.04. The summed E-state index contributed by atoms with van der Waals surface area (Å²) < 4.78 is 0. The number of carbonyl (C=O) groups is 1. The molecule has 0 aliphatic rings. The van der Waals surface area contributed by atoms with E-state index in [4.69, 9.17) is 10.4 Å².